The lowest BCUT2D eigenvalue weighted by atomic mass is 10.00. The molecule has 0 aliphatic heterocycles. The molecule has 1 rings (SSSR count). The van der Waals surface area contributed by atoms with Crippen LogP contribution >= 0.6 is 69.3 Å². The van der Waals surface area contributed by atoms with Crippen LogP contribution in [0.2, 0.25) is 0 Å². The molecule has 0 saturated carbocycles. The van der Waals surface area contributed by atoms with Crippen LogP contribution in [0.25, 0.3) is 0 Å². The summed E-state index contributed by atoms with van der Waals surface area (Å²) in [6, 6.07) is -0.806. The predicted octanol–water partition coefficient (Wildman–Crippen LogP) is 4.81. The van der Waals surface area contributed by atoms with E-state index in [1.807, 2.05) is 5.38 Å². The number of hydrogen-bond acceptors (Lipinski definition) is 4. The highest BCUT2D eigenvalue weighted by Gasteiger charge is 2.36. The number of nitrogens with zero attached hydrogens (tertiary/aromatic N) is 2. The standard InChI is InChI=1S/C16H22Cl5N3O2S/c1-9(14(17)18)6-13(25)24(3)11(7-10(2)16(19,20)21)15(26)23-8-12-22-4-5-27-12/h4-5,9-11,14H,6-8H2,1-3H3,(H,23,26)/t9-,10-,11-/m0/s1. The number of carbonyl (C=O) groups excluding carboxylic acids is 2. The fourth-order valence-electron chi connectivity index (χ4n) is 2.21. The average Bonchev–Trinajstić information content (AvgIpc) is 3.08. The van der Waals surface area contributed by atoms with Crippen LogP contribution in [-0.2, 0) is 16.1 Å². The molecule has 1 heterocycles. The van der Waals surface area contributed by atoms with Crippen LogP contribution in [0.3, 0.4) is 0 Å². The molecule has 0 bridgehead atoms. The van der Waals surface area contributed by atoms with Crippen molar-refractivity contribution in [1.29, 1.82) is 0 Å². The summed E-state index contributed by atoms with van der Waals surface area (Å²) in [6.07, 6.45) is 1.94. The van der Waals surface area contributed by atoms with E-state index in [1.165, 1.54) is 16.2 Å². The largest absolute Gasteiger partial charge is 0.348 e. The topological polar surface area (TPSA) is 62.3 Å². The molecule has 0 saturated heterocycles. The summed E-state index contributed by atoms with van der Waals surface area (Å²) in [5.74, 6) is -1.32. The maximum absolute atomic E-state index is 12.8. The monoisotopic (exact) mass is 495 g/mol. The van der Waals surface area contributed by atoms with Gasteiger partial charge in [-0.1, -0.05) is 48.7 Å². The molecular formula is C16H22Cl5N3O2S. The minimum atomic E-state index is -1.55. The van der Waals surface area contributed by atoms with Gasteiger partial charge in [-0.05, 0) is 12.3 Å². The van der Waals surface area contributed by atoms with Crippen LogP contribution in [-0.4, -0.2) is 43.4 Å². The molecule has 0 radical (unpaired) electrons. The van der Waals surface area contributed by atoms with Gasteiger partial charge in [0.05, 0.1) is 6.54 Å². The molecule has 1 aromatic rings. The normalized spacial score (nSPS) is 15.3. The van der Waals surface area contributed by atoms with Gasteiger partial charge in [0.15, 0.2) is 3.79 Å². The summed E-state index contributed by atoms with van der Waals surface area (Å²) in [4.78, 5) is 30.1. The molecule has 0 unspecified atom stereocenters. The number of carbonyl (C=O) groups is 2. The molecule has 1 N–H and O–H groups in total. The maximum atomic E-state index is 12.8. The van der Waals surface area contributed by atoms with E-state index in [0.717, 1.165) is 5.01 Å². The first kappa shape index (κ1) is 25.1. The number of halogens is 5. The van der Waals surface area contributed by atoms with E-state index in [0.29, 0.717) is 0 Å². The molecule has 11 heteroatoms. The van der Waals surface area contributed by atoms with Crippen molar-refractivity contribution in [2.45, 2.75) is 47.9 Å². The second kappa shape index (κ2) is 11.3. The number of nitrogens with one attached hydrogen (secondary N) is 1. The SMILES string of the molecule is C[C@@H](CC(=O)N(C)[C@@H](C[C@H](C)C(Cl)(Cl)Cl)C(=O)NCc1nccs1)C(Cl)Cl. The Labute approximate surface area is 188 Å². The molecule has 0 fully saturated rings. The van der Waals surface area contributed by atoms with Gasteiger partial charge >= 0.3 is 0 Å². The lowest BCUT2D eigenvalue weighted by Crippen LogP contribution is -2.49. The molecule has 0 aliphatic carbocycles. The Morgan fingerprint density at radius 2 is 1.93 bits per heavy atom. The molecule has 0 aliphatic rings. The number of rotatable bonds is 9. The Bertz CT molecular complexity index is 610. The molecule has 2 amide bonds. The highest BCUT2D eigenvalue weighted by molar-refractivity contribution is 7.09. The number of hydrogen-bond donors (Lipinski definition) is 1. The highest BCUT2D eigenvalue weighted by atomic mass is 35.6. The second-order valence-corrected chi connectivity index (χ2v) is 10.9. The van der Waals surface area contributed by atoms with Gasteiger partial charge in [-0.2, -0.15) is 0 Å². The zero-order valence-electron chi connectivity index (χ0n) is 15.1. The molecule has 0 spiro atoms. The Kier molecular flexibility index (Phi) is 10.5. The zero-order valence-corrected chi connectivity index (χ0v) is 19.7. The third-order valence-electron chi connectivity index (χ3n) is 4.12. The van der Waals surface area contributed by atoms with Crippen molar-refractivity contribution in [2.75, 3.05) is 7.05 Å². The van der Waals surface area contributed by atoms with E-state index < -0.39 is 20.6 Å². The zero-order chi connectivity index (χ0) is 20.8. The Hall–Kier alpha value is 0.0200. The fraction of sp³-hybridized carbons (Fsp3) is 0.688. The Balaban J connectivity index is 2.87. The van der Waals surface area contributed by atoms with Crippen molar-refractivity contribution in [3.63, 3.8) is 0 Å². The summed E-state index contributed by atoms with van der Waals surface area (Å²) in [5.41, 5.74) is 0. The smallest absolute Gasteiger partial charge is 0.243 e. The van der Waals surface area contributed by atoms with Crippen LogP contribution in [0, 0.1) is 11.8 Å². The fourth-order valence-corrected chi connectivity index (χ4v) is 3.21. The lowest BCUT2D eigenvalue weighted by molar-refractivity contribution is -0.140. The van der Waals surface area contributed by atoms with Gasteiger partial charge in [0.25, 0.3) is 0 Å². The lowest BCUT2D eigenvalue weighted by Gasteiger charge is -2.32. The van der Waals surface area contributed by atoms with Crippen molar-refractivity contribution in [1.82, 2.24) is 15.2 Å². The van der Waals surface area contributed by atoms with Gasteiger partial charge < -0.3 is 10.2 Å². The molecular weight excluding hydrogens is 476 g/mol. The van der Waals surface area contributed by atoms with Crippen LogP contribution in [0.5, 0.6) is 0 Å². The Morgan fingerprint density at radius 3 is 2.41 bits per heavy atom. The number of amides is 2. The van der Waals surface area contributed by atoms with Gasteiger partial charge in [0.2, 0.25) is 11.8 Å². The molecule has 0 aromatic carbocycles. The molecule has 3 atom stereocenters. The summed E-state index contributed by atoms with van der Waals surface area (Å²) in [5, 5.41) is 5.36. The highest BCUT2D eigenvalue weighted by Crippen LogP contribution is 2.38. The minimum Gasteiger partial charge on any atom is -0.348 e. The van der Waals surface area contributed by atoms with Crippen LogP contribution in [0.1, 0.15) is 31.7 Å². The third kappa shape index (κ3) is 8.50. The number of thiazole rings is 1. The van der Waals surface area contributed by atoms with Crippen LogP contribution in [0.15, 0.2) is 11.6 Å². The number of alkyl halides is 5. The van der Waals surface area contributed by atoms with E-state index in [9.17, 15) is 9.59 Å². The first-order chi connectivity index (χ1) is 12.4. The van der Waals surface area contributed by atoms with E-state index in [2.05, 4.69) is 10.3 Å². The van der Waals surface area contributed by atoms with Crippen molar-refractivity contribution in [3.8, 4) is 0 Å². The molecule has 154 valence electrons. The predicted molar refractivity (Wildman–Crippen MR) is 114 cm³/mol. The van der Waals surface area contributed by atoms with Gasteiger partial charge in [0.1, 0.15) is 15.9 Å². The summed E-state index contributed by atoms with van der Waals surface area (Å²) in [7, 11) is 1.55. The summed E-state index contributed by atoms with van der Waals surface area (Å²) in [6.45, 7) is 3.74. The van der Waals surface area contributed by atoms with Crippen molar-refractivity contribution in [3.05, 3.63) is 16.6 Å². The van der Waals surface area contributed by atoms with Crippen LogP contribution < -0.4 is 5.32 Å². The van der Waals surface area contributed by atoms with E-state index >= 15 is 0 Å². The van der Waals surface area contributed by atoms with E-state index in [1.54, 1.807) is 27.1 Å². The number of likely N-dealkylation sites (N-methyl/N-ethyl adjacent to an activating group) is 1. The third-order valence-corrected chi connectivity index (χ3v) is 6.88. The Morgan fingerprint density at radius 1 is 1.30 bits per heavy atom. The second-order valence-electron chi connectivity index (χ2n) is 6.36. The number of aromatic nitrogens is 1. The van der Waals surface area contributed by atoms with Gasteiger partial charge in [-0.15, -0.1) is 34.5 Å². The van der Waals surface area contributed by atoms with E-state index in [4.69, 9.17) is 58.0 Å². The maximum Gasteiger partial charge on any atom is 0.243 e. The van der Waals surface area contributed by atoms with Crippen molar-refractivity contribution in [2.24, 2.45) is 11.8 Å². The first-order valence-corrected chi connectivity index (χ1v) is 11.1. The quantitative estimate of drug-likeness (QED) is 0.498. The van der Waals surface area contributed by atoms with Crippen molar-refractivity contribution < 1.29 is 9.59 Å². The first-order valence-electron chi connectivity index (χ1n) is 8.20. The molecule has 1 aromatic heterocycles. The molecule has 27 heavy (non-hydrogen) atoms. The average molecular weight is 498 g/mol. The summed E-state index contributed by atoms with van der Waals surface area (Å²) < 4.78 is -1.55. The minimum absolute atomic E-state index is 0.104. The van der Waals surface area contributed by atoms with E-state index in [-0.39, 0.29) is 37.1 Å². The van der Waals surface area contributed by atoms with Gasteiger partial charge in [-0.3, -0.25) is 9.59 Å². The van der Waals surface area contributed by atoms with Gasteiger partial charge in [-0.25, -0.2) is 4.98 Å². The van der Waals surface area contributed by atoms with Gasteiger partial charge in [0, 0.05) is 31.0 Å². The van der Waals surface area contributed by atoms with Crippen molar-refractivity contribution >= 4 is 81.2 Å². The molecule has 5 nitrogen and oxygen atoms in total. The summed E-state index contributed by atoms with van der Waals surface area (Å²) >= 11 is 30.9. The van der Waals surface area contributed by atoms with Crippen LogP contribution in [0.4, 0.5) is 0 Å².